The molecule has 0 saturated carbocycles. The second-order valence-electron chi connectivity index (χ2n) is 5.32. The number of hydrogen-bond acceptors (Lipinski definition) is 4. The van der Waals surface area contributed by atoms with E-state index in [1.54, 1.807) is 4.31 Å². The van der Waals surface area contributed by atoms with Gasteiger partial charge in [-0.25, -0.2) is 8.42 Å². The van der Waals surface area contributed by atoms with Gasteiger partial charge in [-0.3, -0.25) is 0 Å². The SMILES string of the molecule is COC1COCC1S(=O)(=O)N1Cc2ccccc2[C@H]1C. The van der Waals surface area contributed by atoms with Gasteiger partial charge in [-0.15, -0.1) is 0 Å². The molecule has 0 N–H and O–H groups in total. The maximum absolute atomic E-state index is 12.8. The van der Waals surface area contributed by atoms with Gasteiger partial charge in [0.1, 0.15) is 11.4 Å². The number of rotatable bonds is 3. The zero-order valence-electron chi connectivity index (χ0n) is 11.7. The fourth-order valence-electron chi connectivity index (χ4n) is 3.04. The van der Waals surface area contributed by atoms with E-state index in [-0.39, 0.29) is 18.8 Å². The first-order chi connectivity index (χ1) is 9.55. The van der Waals surface area contributed by atoms with Crippen molar-refractivity contribution in [3.63, 3.8) is 0 Å². The Kier molecular flexibility index (Phi) is 3.58. The summed E-state index contributed by atoms with van der Waals surface area (Å²) in [5.74, 6) is 0. The first-order valence-electron chi connectivity index (χ1n) is 6.74. The van der Waals surface area contributed by atoms with Crippen LogP contribution in [0.2, 0.25) is 0 Å². The molecule has 0 spiro atoms. The van der Waals surface area contributed by atoms with Gasteiger partial charge < -0.3 is 9.47 Å². The normalized spacial score (nSPS) is 30.6. The fourth-order valence-corrected chi connectivity index (χ4v) is 5.11. The van der Waals surface area contributed by atoms with Crippen LogP contribution in [0, 0.1) is 0 Å². The van der Waals surface area contributed by atoms with Crippen molar-refractivity contribution in [3.8, 4) is 0 Å². The number of hydrogen-bond donors (Lipinski definition) is 0. The van der Waals surface area contributed by atoms with E-state index in [1.165, 1.54) is 7.11 Å². The van der Waals surface area contributed by atoms with Crippen molar-refractivity contribution >= 4 is 10.0 Å². The molecule has 3 atom stereocenters. The Morgan fingerprint density at radius 1 is 1.30 bits per heavy atom. The van der Waals surface area contributed by atoms with Gasteiger partial charge in [0.25, 0.3) is 0 Å². The van der Waals surface area contributed by atoms with E-state index in [0.717, 1.165) is 11.1 Å². The Labute approximate surface area is 119 Å². The average molecular weight is 297 g/mol. The summed E-state index contributed by atoms with van der Waals surface area (Å²) in [6.45, 7) is 2.92. The van der Waals surface area contributed by atoms with E-state index >= 15 is 0 Å². The number of nitrogens with zero attached hydrogens (tertiary/aromatic N) is 1. The third kappa shape index (κ3) is 2.07. The molecule has 0 aromatic heterocycles. The standard InChI is InChI=1S/C14H19NO4S/c1-10-12-6-4-3-5-11(12)7-15(10)20(16,17)14-9-19-8-13(14)18-2/h3-6,10,13-14H,7-9H2,1-2H3/t10-,13?,14?/m1/s1. The van der Waals surface area contributed by atoms with Crippen LogP contribution in [-0.4, -0.2) is 44.4 Å². The number of sulfonamides is 1. The van der Waals surface area contributed by atoms with E-state index in [4.69, 9.17) is 9.47 Å². The molecule has 2 aliphatic rings. The van der Waals surface area contributed by atoms with E-state index in [2.05, 4.69) is 0 Å². The van der Waals surface area contributed by atoms with Crippen LogP contribution in [0.1, 0.15) is 24.1 Å². The van der Waals surface area contributed by atoms with Crippen molar-refractivity contribution < 1.29 is 17.9 Å². The molecule has 2 unspecified atom stereocenters. The number of fused-ring (bicyclic) bond motifs is 1. The Hall–Kier alpha value is -0.950. The zero-order valence-corrected chi connectivity index (χ0v) is 12.5. The van der Waals surface area contributed by atoms with Crippen LogP contribution in [0.15, 0.2) is 24.3 Å². The van der Waals surface area contributed by atoms with Crippen LogP contribution in [-0.2, 0) is 26.0 Å². The summed E-state index contributed by atoms with van der Waals surface area (Å²) >= 11 is 0. The van der Waals surface area contributed by atoms with Crippen LogP contribution in [0.4, 0.5) is 0 Å². The minimum Gasteiger partial charge on any atom is -0.378 e. The summed E-state index contributed by atoms with van der Waals surface area (Å²) < 4.78 is 37.8. The average Bonchev–Trinajstić information content (AvgIpc) is 3.04. The van der Waals surface area contributed by atoms with Gasteiger partial charge >= 0.3 is 0 Å². The highest BCUT2D eigenvalue weighted by molar-refractivity contribution is 7.89. The van der Waals surface area contributed by atoms with Gasteiger partial charge in [-0.05, 0) is 18.1 Å². The third-order valence-corrected chi connectivity index (χ3v) is 6.56. The number of methoxy groups -OCH3 is 1. The minimum atomic E-state index is -3.43. The Morgan fingerprint density at radius 2 is 2.05 bits per heavy atom. The first-order valence-corrected chi connectivity index (χ1v) is 8.25. The largest absolute Gasteiger partial charge is 0.378 e. The molecular weight excluding hydrogens is 278 g/mol. The molecule has 0 radical (unpaired) electrons. The summed E-state index contributed by atoms with van der Waals surface area (Å²) in [6, 6.07) is 7.74. The summed E-state index contributed by atoms with van der Waals surface area (Å²) in [5.41, 5.74) is 2.17. The predicted octanol–water partition coefficient (Wildman–Crippen LogP) is 1.31. The van der Waals surface area contributed by atoms with Crippen molar-refractivity contribution in [3.05, 3.63) is 35.4 Å². The van der Waals surface area contributed by atoms with Gasteiger partial charge in [-0.2, -0.15) is 4.31 Å². The summed E-state index contributed by atoms with van der Waals surface area (Å²) in [4.78, 5) is 0. The summed E-state index contributed by atoms with van der Waals surface area (Å²) in [6.07, 6.45) is -0.379. The topological polar surface area (TPSA) is 55.8 Å². The third-order valence-electron chi connectivity index (χ3n) is 4.25. The van der Waals surface area contributed by atoms with Crippen molar-refractivity contribution in [1.29, 1.82) is 0 Å². The second kappa shape index (κ2) is 5.11. The molecule has 0 aliphatic carbocycles. The molecule has 110 valence electrons. The lowest BCUT2D eigenvalue weighted by atomic mass is 10.1. The van der Waals surface area contributed by atoms with Crippen LogP contribution >= 0.6 is 0 Å². The smallest absolute Gasteiger partial charge is 0.222 e. The molecule has 2 heterocycles. The highest BCUT2D eigenvalue weighted by atomic mass is 32.2. The van der Waals surface area contributed by atoms with Crippen molar-refractivity contribution in [2.24, 2.45) is 0 Å². The molecule has 6 heteroatoms. The van der Waals surface area contributed by atoms with Gasteiger partial charge in [0, 0.05) is 19.7 Å². The van der Waals surface area contributed by atoms with Crippen LogP contribution in [0.3, 0.4) is 0 Å². The predicted molar refractivity (Wildman–Crippen MR) is 74.7 cm³/mol. The van der Waals surface area contributed by atoms with E-state index in [0.29, 0.717) is 13.2 Å². The maximum Gasteiger partial charge on any atom is 0.222 e. The molecule has 3 rings (SSSR count). The lowest BCUT2D eigenvalue weighted by molar-refractivity contribution is 0.0824. The zero-order chi connectivity index (χ0) is 14.3. The molecular formula is C14H19NO4S. The van der Waals surface area contributed by atoms with Gasteiger partial charge in [-0.1, -0.05) is 24.3 Å². The Morgan fingerprint density at radius 3 is 2.75 bits per heavy atom. The first kappa shape index (κ1) is 14.0. The van der Waals surface area contributed by atoms with Gasteiger partial charge in [0.2, 0.25) is 10.0 Å². The summed E-state index contributed by atoms with van der Waals surface area (Å²) in [5, 5.41) is -0.607. The van der Waals surface area contributed by atoms with Crippen LogP contribution in [0.5, 0.6) is 0 Å². The Bertz CT molecular complexity index is 601. The second-order valence-corrected chi connectivity index (χ2v) is 7.42. The van der Waals surface area contributed by atoms with Crippen molar-refractivity contribution in [1.82, 2.24) is 4.31 Å². The van der Waals surface area contributed by atoms with Crippen molar-refractivity contribution in [2.75, 3.05) is 20.3 Å². The lowest BCUT2D eigenvalue weighted by Crippen LogP contribution is -2.43. The minimum absolute atomic E-state index is 0.130. The number of ether oxygens (including phenoxy) is 2. The van der Waals surface area contributed by atoms with Gasteiger partial charge in [0.15, 0.2) is 0 Å². The molecule has 1 aromatic carbocycles. The molecule has 5 nitrogen and oxygen atoms in total. The molecule has 1 saturated heterocycles. The van der Waals surface area contributed by atoms with Gasteiger partial charge in [0.05, 0.1) is 13.2 Å². The van der Waals surface area contributed by atoms with Crippen molar-refractivity contribution in [2.45, 2.75) is 30.9 Å². The Balaban J connectivity index is 1.91. The molecule has 0 amide bonds. The molecule has 2 aliphatic heterocycles. The van der Waals surface area contributed by atoms with E-state index in [1.807, 2.05) is 31.2 Å². The number of benzene rings is 1. The van der Waals surface area contributed by atoms with Crippen LogP contribution < -0.4 is 0 Å². The highest BCUT2D eigenvalue weighted by Gasteiger charge is 2.45. The molecule has 20 heavy (non-hydrogen) atoms. The fraction of sp³-hybridized carbons (Fsp3) is 0.571. The lowest BCUT2D eigenvalue weighted by Gasteiger charge is -2.26. The molecule has 1 fully saturated rings. The quantitative estimate of drug-likeness (QED) is 0.844. The summed E-state index contributed by atoms with van der Waals surface area (Å²) in [7, 11) is -1.90. The maximum atomic E-state index is 12.8. The highest BCUT2D eigenvalue weighted by Crippen LogP contribution is 2.37. The van der Waals surface area contributed by atoms with E-state index in [9.17, 15) is 8.42 Å². The van der Waals surface area contributed by atoms with Crippen LogP contribution in [0.25, 0.3) is 0 Å². The van der Waals surface area contributed by atoms with E-state index < -0.39 is 15.3 Å². The molecule has 0 bridgehead atoms. The molecule has 1 aromatic rings. The monoisotopic (exact) mass is 297 g/mol.